The minimum absolute atomic E-state index is 0.00338. The zero-order chi connectivity index (χ0) is 9.40. The van der Waals surface area contributed by atoms with Crippen LogP contribution in [0.1, 0.15) is 19.3 Å². The summed E-state index contributed by atoms with van der Waals surface area (Å²) in [5.41, 5.74) is 4.91. The zero-order valence-electron chi connectivity index (χ0n) is 6.81. The molecule has 0 fully saturated rings. The molecule has 0 saturated heterocycles. The van der Waals surface area contributed by atoms with E-state index in [-0.39, 0.29) is 11.8 Å². The van der Waals surface area contributed by atoms with Crippen LogP contribution < -0.4 is 11.1 Å². The molecule has 0 aliphatic rings. The second-order valence-corrected chi connectivity index (χ2v) is 3.15. The highest BCUT2D eigenvalue weighted by molar-refractivity contribution is 9.09. The minimum atomic E-state index is -0.329. The van der Waals surface area contributed by atoms with E-state index in [0.29, 0.717) is 31.1 Å². The van der Waals surface area contributed by atoms with Crippen LogP contribution >= 0.6 is 15.9 Å². The predicted molar refractivity (Wildman–Crippen MR) is 49.8 cm³/mol. The highest BCUT2D eigenvalue weighted by atomic mass is 79.9. The number of amides is 2. The van der Waals surface area contributed by atoms with Gasteiger partial charge in [-0.1, -0.05) is 15.9 Å². The molecule has 5 heteroatoms. The Morgan fingerprint density at radius 3 is 2.50 bits per heavy atom. The molecule has 0 aliphatic heterocycles. The van der Waals surface area contributed by atoms with Crippen LogP contribution in [0, 0.1) is 0 Å². The number of nitrogens with two attached hydrogens (primary N) is 1. The summed E-state index contributed by atoms with van der Waals surface area (Å²) in [5.74, 6) is -0.332. The molecular weight excluding hydrogens is 224 g/mol. The Labute approximate surface area is 80.0 Å². The van der Waals surface area contributed by atoms with Crippen molar-refractivity contribution in [1.82, 2.24) is 5.32 Å². The van der Waals surface area contributed by atoms with E-state index >= 15 is 0 Å². The summed E-state index contributed by atoms with van der Waals surface area (Å²) >= 11 is 3.15. The highest BCUT2D eigenvalue weighted by Crippen LogP contribution is 1.88. The van der Waals surface area contributed by atoms with Gasteiger partial charge in [0.05, 0.1) is 0 Å². The van der Waals surface area contributed by atoms with E-state index in [1.165, 1.54) is 0 Å². The lowest BCUT2D eigenvalue weighted by atomic mass is 10.3. The average Bonchev–Trinajstić information content (AvgIpc) is 1.98. The van der Waals surface area contributed by atoms with Gasteiger partial charge in [-0.15, -0.1) is 0 Å². The van der Waals surface area contributed by atoms with Crippen molar-refractivity contribution < 1.29 is 9.59 Å². The molecule has 70 valence electrons. The van der Waals surface area contributed by atoms with Gasteiger partial charge >= 0.3 is 0 Å². The smallest absolute Gasteiger partial charge is 0.220 e. The summed E-state index contributed by atoms with van der Waals surface area (Å²) in [7, 11) is 0. The lowest BCUT2D eigenvalue weighted by Crippen LogP contribution is -2.25. The Morgan fingerprint density at radius 2 is 2.00 bits per heavy atom. The van der Waals surface area contributed by atoms with Crippen LogP contribution in [0.2, 0.25) is 0 Å². The molecule has 0 radical (unpaired) electrons. The van der Waals surface area contributed by atoms with Crippen LogP contribution in [0.4, 0.5) is 0 Å². The molecule has 0 aromatic carbocycles. The third-order valence-electron chi connectivity index (χ3n) is 1.24. The SMILES string of the molecule is NC(=O)CCCNC(=O)CCBr. The van der Waals surface area contributed by atoms with Crippen LogP contribution in [0.15, 0.2) is 0 Å². The summed E-state index contributed by atoms with van der Waals surface area (Å²) in [6, 6.07) is 0. The number of hydrogen-bond donors (Lipinski definition) is 2. The molecule has 0 aromatic rings. The molecule has 0 spiro atoms. The molecule has 0 atom stereocenters. The second kappa shape index (κ2) is 7.09. The highest BCUT2D eigenvalue weighted by Gasteiger charge is 1.98. The number of hydrogen-bond acceptors (Lipinski definition) is 2. The number of carbonyl (C=O) groups excluding carboxylic acids is 2. The predicted octanol–water partition coefficient (Wildman–Crippen LogP) is 0.153. The Balaban J connectivity index is 3.19. The molecule has 12 heavy (non-hydrogen) atoms. The van der Waals surface area contributed by atoms with E-state index < -0.39 is 0 Å². The summed E-state index contributed by atoms with van der Waals surface area (Å²) in [4.78, 5) is 21.1. The van der Waals surface area contributed by atoms with Gasteiger partial charge in [-0.3, -0.25) is 9.59 Å². The van der Waals surface area contributed by atoms with Crippen LogP contribution in [0.5, 0.6) is 0 Å². The topological polar surface area (TPSA) is 72.2 Å². The van der Waals surface area contributed by atoms with Gasteiger partial charge < -0.3 is 11.1 Å². The maximum atomic E-state index is 10.8. The van der Waals surface area contributed by atoms with E-state index in [2.05, 4.69) is 21.2 Å². The summed E-state index contributed by atoms with van der Waals surface area (Å²) < 4.78 is 0. The summed E-state index contributed by atoms with van der Waals surface area (Å²) in [6.07, 6.45) is 1.41. The Morgan fingerprint density at radius 1 is 1.33 bits per heavy atom. The maximum absolute atomic E-state index is 10.8. The lowest BCUT2D eigenvalue weighted by Gasteiger charge is -2.01. The van der Waals surface area contributed by atoms with E-state index in [0.717, 1.165) is 0 Å². The molecule has 4 nitrogen and oxygen atoms in total. The van der Waals surface area contributed by atoms with Crippen LogP contribution in [-0.2, 0) is 9.59 Å². The van der Waals surface area contributed by atoms with Gasteiger partial charge in [0, 0.05) is 24.7 Å². The number of alkyl halides is 1. The molecule has 0 heterocycles. The van der Waals surface area contributed by atoms with Gasteiger partial charge in [0.15, 0.2) is 0 Å². The van der Waals surface area contributed by atoms with Crippen LogP contribution in [0.3, 0.4) is 0 Å². The molecule has 0 rings (SSSR count). The molecule has 0 aromatic heterocycles. The van der Waals surface area contributed by atoms with E-state index in [1.807, 2.05) is 0 Å². The van der Waals surface area contributed by atoms with Gasteiger partial charge in [-0.2, -0.15) is 0 Å². The first-order valence-electron chi connectivity index (χ1n) is 3.77. The van der Waals surface area contributed by atoms with Crippen molar-refractivity contribution in [3.8, 4) is 0 Å². The van der Waals surface area contributed by atoms with Gasteiger partial charge in [-0.05, 0) is 6.42 Å². The largest absolute Gasteiger partial charge is 0.370 e. The van der Waals surface area contributed by atoms with Crippen LogP contribution in [0.25, 0.3) is 0 Å². The lowest BCUT2D eigenvalue weighted by molar-refractivity contribution is -0.121. The molecule has 3 N–H and O–H groups in total. The number of halogens is 1. The molecule has 0 unspecified atom stereocenters. The van der Waals surface area contributed by atoms with E-state index in [4.69, 9.17) is 5.73 Å². The van der Waals surface area contributed by atoms with Gasteiger partial charge in [-0.25, -0.2) is 0 Å². The average molecular weight is 237 g/mol. The standard InChI is InChI=1S/C7H13BrN2O2/c8-4-3-7(12)10-5-1-2-6(9)11/h1-5H2,(H2,9,11)(H,10,12). The molecule has 0 bridgehead atoms. The third kappa shape index (κ3) is 7.53. The molecule has 2 amide bonds. The van der Waals surface area contributed by atoms with Gasteiger partial charge in [0.1, 0.15) is 0 Å². The third-order valence-corrected chi connectivity index (χ3v) is 1.64. The van der Waals surface area contributed by atoms with E-state index in [9.17, 15) is 9.59 Å². The van der Waals surface area contributed by atoms with Crippen molar-refractivity contribution in [1.29, 1.82) is 0 Å². The number of nitrogens with one attached hydrogen (secondary N) is 1. The van der Waals surface area contributed by atoms with Crippen molar-refractivity contribution in [3.63, 3.8) is 0 Å². The fourth-order valence-electron chi connectivity index (χ4n) is 0.665. The Hall–Kier alpha value is -0.580. The second-order valence-electron chi connectivity index (χ2n) is 2.36. The first-order valence-corrected chi connectivity index (χ1v) is 4.90. The molecule has 0 aliphatic carbocycles. The Kier molecular flexibility index (Phi) is 6.75. The number of primary amides is 1. The summed E-state index contributed by atoms with van der Waals surface area (Å²) in [5, 5.41) is 3.32. The molecular formula is C7H13BrN2O2. The Bertz CT molecular complexity index is 161. The quantitative estimate of drug-likeness (QED) is 0.510. The van der Waals surface area contributed by atoms with Crippen LogP contribution in [-0.4, -0.2) is 23.7 Å². The van der Waals surface area contributed by atoms with Gasteiger partial charge in [0.25, 0.3) is 0 Å². The number of rotatable bonds is 6. The zero-order valence-corrected chi connectivity index (χ0v) is 8.39. The van der Waals surface area contributed by atoms with Crippen molar-refractivity contribution >= 4 is 27.7 Å². The summed E-state index contributed by atoms with van der Waals surface area (Å²) in [6.45, 7) is 0.523. The first-order chi connectivity index (χ1) is 5.66. The fourth-order valence-corrected chi connectivity index (χ4v) is 1.02. The van der Waals surface area contributed by atoms with E-state index in [1.54, 1.807) is 0 Å². The first kappa shape index (κ1) is 11.4. The van der Waals surface area contributed by atoms with Crippen molar-refractivity contribution in [3.05, 3.63) is 0 Å². The minimum Gasteiger partial charge on any atom is -0.370 e. The van der Waals surface area contributed by atoms with Crippen molar-refractivity contribution in [2.45, 2.75) is 19.3 Å². The normalized spacial score (nSPS) is 9.42. The maximum Gasteiger partial charge on any atom is 0.220 e. The monoisotopic (exact) mass is 236 g/mol. The van der Waals surface area contributed by atoms with Gasteiger partial charge in [0.2, 0.25) is 11.8 Å². The van der Waals surface area contributed by atoms with Crippen molar-refractivity contribution in [2.24, 2.45) is 5.73 Å². The van der Waals surface area contributed by atoms with Crippen molar-refractivity contribution in [2.75, 3.05) is 11.9 Å². The number of carbonyl (C=O) groups is 2. The molecule has 0 saturated carbocycles. The fraction of sp³-hybridized carbons (Fsp3) is 0.714.